The molecule has 2 nitrogen and oxygen atoms in total. The van der Waals surface area contributed by atoms with E-state index >= 15 is 0 Å². The molecule has 0 aliphatic heterocycles. The Bertz CT molecular complexity index is 124. The summed E-state index contributed by atoms with van der Waals surface area (Å²) in [6.45, 7) is 6.07. The zero-order valence-corrected chi connectivity index (χ0v) is 9.65. The van der Waals surface area contributed by atoms with Gasteiger partial charge in [0, 0.05) is 12.6 Å². The van der Waals surface area contributed by atoms with E-state index in [-0.39, 0.29) is 6.64 Å². The van der Waals surface area contributed by atoms with Crippen molar-refractivity contribution in [3.05, 3.63) is 12.7 Å². The van der Waals surface area contributed by atoms with Crippen molar-refractivity contribution in [3.8, 4) is 0 Å². The molecule has 0 aromatic heterocycles. The summed E-state index contributed by atoms with van der Waals surface area (Å²) in [5, 5.41) is 11.4. The molecule has 1 fully saturated rings. The average molecular weight is 201 g/mol. The van der Waals surface area contributed by atoms with Crippen LogP contribution in [-0.4, -0.2) is 24.2 Å². The van der Waals surface area contributed by atoms with E-state index in [1.807, 2.05) is 6.08 Å². The third kappa shape index (κ3) is 10.1. The van der Waals surface area contributed by atoms with E-state index in [0.29, 0.717) is 0 Å². The lowest BCUT2D eigenvalue weighted by atomic mass is 10.1. The van der Waals surface area contributed by atoms with Crippen molar-refractivity contribution in [3.63, 3.8) is 0 Å². The highest BCUT2D eigenvalue weighted by atomic mass is 31.0. The Labute approximate surface area is 84.5 Å². The fourth-order valence-electron chi connectivity index (χ4n) is 1.38. The van der Waals surface area contributed by atoms with Gasteiger partial charge in [-0.3, -0.25) is 0 Å². The van der Waals surface area contributed by atoms with Gasteiger partial charge in [-0.25, -0.2) is 0 Å². The third-order valence-corrected chi connectivity index (χ3v) is 1.91. The van der Waals surface area contributed by atoms with Crippen molar-refractivity contribution in [1.82, 2.24) is 5.32 Å². The molecular weight excluding hydrogens is 180 g/mol. The normalized spacial score (nSPS) is 16.2. The second kappa shape index (κ2) is 8.74. The molecule has 2 N–H and O–H groups in total. The zero-order valence-electron chi connectivity index (χ0n) is 8.50. The Morgan fingerprint density at radius 2 is 2.08 bits per heavy atom. The first-order valence-corrected chi connectivity index (χ1v) is 5.61. The molecule has 0 saturated heterocycles. The topological polar surface area (TPSA) is 32.3 Å². The molecule has 4 heteroatoms. The first-order valence-electron chi connectivity index (χ1n) is 4.94. The molecular formula is C9H21BNOP. The summed E-state index contributed by atoms with van der Waals surface area (Å²) in [6, 6.07) is 0.794. The summed E-state index contributed by atoms with van der Waals surface area (Å²) in [5.41, 5.74) is 0. The molecule has 0 aromatic rings. The molecule has 0 heterocycles. The minimum absolute atomic E-state index is 0.250. The maximum absolute atomic E-state index is 8.02. The van der Waals surface area contributed by atoms with Gasteiger partial charge in [0.2, 0.25) is 0 Å². The summed E-state index contributed by atoms with van der Waals surface area (Å²) in [4.78, 5) is 0. The van der Waals surface area contributed by atoms with Crippen molar-refractivity contribution in [1.29, 1.82) is 0 Å². The summed E-state index contributed by atoms with van der Waals surface area (Å²) in [5.74, 6) is 0. The van der Waals surface area contributed by atoms with Crippen LogP contribution in [0, 0.1) is 0 Å². The highest BCUT2D eigenvalue weighted by Gasteiger charge is 2.12. The van der Waals surface area contributed by atoms with Crippen molar-refractivity contribution >= 4 is 15.8 Å². The monoisotopic (exact) mass is 201 g/mol. The van der Waals surface area contributed by atoms with Crippen LogP contribution in [0.25, 0.3) is 0 Å². The lowest BCUT2D eigenvalue weighted by molar-refractivity contribution is 0.557. The van der Waals surface area contributed by atoms with Gasteiger partial charge in [0.15, 0.2) is 0 Å². The van der Waals surface area contributed by atoms with Crippen molar-refractivity contribution in [2.75, 3.05) is 6.54 Å². The molecule has 1 rings (SSSR count). The van der Waals surface area contributed by atoms with Crippen LogP contribution in [-0.2, 0) is 0 Å². The minimum Gasteiger partial charge on any atom is -0.447 e. The fourth-order valence-corrected chi connectivity index (χ4v) is 1.38. The second-order valence-corrected chi connectivity index (χ2v) is 4.38. The molecule has 13 heavy (non-hydrogen) atoms. The third-order valence-electron chi connectivity index (χ3n) is 1.91. The van der Waals surface area contributed by atoms with Crippen LogP contribution in [0.4, 0.5) is 0 Å². The van der Waals surface area contributed by atoms with Crippen LogP contribution in [0.3, 0.4) is 0 Å². The highest BCUT2D eigenvalue weighted by molar-refractivity contribution is 7.59. The lowest BCUT2D eigenvalue weighted by Crippen LogP contribution is -2.25. The molecule has 0 radical (unpaired) electrons. The van der Waals surface area contributed by atoms with Crippen LogP contribution >= 0.6 is 9.12 Å². The van der Waals surface area contributed by atoms with Crippen LogP contribution in [0.2, 0.25) is 6.82 Å². The summed E-state index contributed by atoms with van der Waals surface area (Å²) in [7, 11) is 2.21. The Kier molecular flexibility index (Phi) is 8.84. The van der Waals surface area contributed by atoms with Crippen LogP contribution in [0.5, 0.6) is 0 Å². The molecule has 1 saturated carbocycles. The zero-order chi connectivity index (χ0) is 10.1. The predicted molar refractivity (Wildman–Crippen MR) is 64.0 cm³/mol. The molecule has 76 valence electrons. The number of rotatable bonds is 3. The quantitative estimate of drug-likeness (QED) is 0.413. The van der Waals surface area contributed by atoms with Gasteiger partial charge in [-0.15, -0.1) is 15.7 Å². The standard InChI is InChI=1S/C8H15N.CH6BOP/c1-2-7-9-8-5-3-4-6-8;1-2(3)4/h2,8-9H,1,3-7H2;3H,4H2,1H3. The second-order valence-electron chi connectivity index (χ2n) is 3.42. The van der Waals surface area contributed by atoms with Gasteiger partial charge in [0.1, 0.15) is 0 Å². The van der Waals surface area contributed by atoms with Gasteiger partial charge in [-0.1, -0.05) is 25.7 Å². The van der Waals surface area contributed by atoms with Crippen LogP contribution < -0.4 is 5.32 Å². The van der Waals surface area contributed by atoms with Crippen molar-refractivity contribution in [2.45, 2.75) is 38.5 Å². The number of nitrogens with one attached hydrogen (secondary N) is 1. The number of hydrogen-bond acceptors (Lipinski definition) is 2. The fraction of sp³-hybridized carbons (Fsp3) is 0.778. The van der Waals surface area contributed by atoms with E-state index < -0.39 is 0 Å². The Balaban J connectivity index is 0.000000310. The first-order chi connectivity index (χ1) is 6.16. The lowest BCUT2D eigenvalue weighted by Gasteiger charge is -2.07. The Morgan fingerprint density at radius 1 is 1.62 bits per heavy atom. The van der Waals surface area contributed by atoms with Gasteiger partial charge < -0.3 is 10.3 Å². The van der Waals surface area contributed by atoms with Gasteiger partial charge in [-0.2, -0.15) is 0 Å². The van der Waals surface area contributed by atoms with E-state index in [4.69, 9.17) is 5.02 Å². The average Bonchev–Trinajstić information content (AvgIpc) is 2.51. The van der Waals surface area contributed by atoms with E-state index in [9.17, 15) is 0 Å². The molecule has 1 atom stereocenters. The first kappa shape index (κ1) is 13.2. The van der Waals surface area contributed by atoms with E-state index in [1.165, 1.54) is 25.7 Å². The molecule has 1 aliphatic rings. The summed E-state index contributed by atoms with van der Waals surface area (Å²) in [6.07, 6.45) is 7.49. The van der Waals surface area contributed by atoms with Gasteiger partial charge in [-0.05, 0) is 12.8 Å². The smallest absolute Gasteiger partial charge is 0.308 e. The van der Waals surface area contributed by atoms with Gasteiger partial charge >= 0.3 is 6.64 Å². The molecule has 0 bridgehead atoms. The minimum atomic E-state index is -0.250. The van der Waals surface area contributed by atoms with Crippen LogP contribution in [0.15, 0.2) is 12.7 Å². The predicted octanol–water partition coefficient (Wildman–Crippen LogP) is 1.68. The van der Waals surface area contributed by atoms with E-state index in [0.717, 1.165) is 12.6 Å². The Morgan fingerprint density at radius 3 is 2.46 bits per heavy atom. The summed E-state index contributed by atoms with van der Waals surface area (Å²) < 4.78 is 0. The summed E-state index contributed by atoms with van der Waals surface area (Å²) >= 11 is 0. The molecule has 1 unspecified atom stereocenters. The van der Waals surface area contributed by atoms with Crippen LogP contribution in [0.1, 0.15) is 25.7 Å². The molecule has 0 amide bonds. The largest absolute Gasteiger partial charge is 0.447 e. The maximum atomic E-state index is 8.02. The van der Waals surface area contributed by atoms with Crippen molar-refractivity contribution < 1.29 is 5.02 Å². The highest BCUT2D eigenvalue weighted by Crippen LogP contribution is 2.16. The SMILES string of the molecule is C=CCNC1CCCC1.CB(O)P. The molecule has 0 aromatic carbocycles. The molecule has 1 aliphatic carbocycles. The van der Waals surface area contributed by atoms with E-state index in [2.05, 4.69) is 21.0 Å². The Hall–Kier alpha value is 0.155. The maximum Gasteiger partial charge on any atom is 0.308 e. The number of hydrogen-bond donors (Lipinski definition) is 2. The van der Waals surface area contributed by atoms with E-state index in [1.54, 1.807) is 6.82 Å². The molecule has 0 spiro atoms. The van der Waals surface area contributed by atoms with Gasteiger partial charge in [0.05, 0.1) is 0 Å². The van der Waals surface area contributed by atoms with Gasteiger partial charge in [0.25, 0.3) is 0 Å². The van der Waals surface area contributed by atoms with Crippen molar-refractivity contribution in [2.24, 2.45) is 0 Å².